The molecule has 2 aromatic rings. The van der Waals surface area contributed by atoms with Crippen molar-refractivity contribution in [2.45, 2.75) is 64.7 Å². The molecule has 1 aromatic carbocycles. The Hall–Kier alpha value is -3.29. The number of amides is 1. The monoisotopic (exact) mass is 530 g/mol. The largest absolute Gasteiger partial charge is 0.388 e. The Morgan fingerprint density at radius 1 is 1.13 bits per heavy atom. The molecule has 1 saturated carbocycles. The molecule has 4 N–H and O–H groups in total. The van der Waals surface area contributed by atoms with Gasteiger partial charge in [0.2, 0.25) is 5.91 Å². The van der Waals surface area contributed by atoms with Crippen molar-refractivity contribution in [3.63, 3.8) is 0 Å². The molecular weight excluding hydrogens is 492 g/mol. The van der Waals surface area contributed by atoms with Crippen molar-refractivity contribution in [3.05, 3.63) is 72.0 Å². The molecular formula is C32H38N2O5. The highest BCUT2D eigenvalue weighted by Crippen LogP contribution is 2.57. The van der Waals surface area contributed by atoms with Crippen molar-refractivity contribution in [1.29, 1.82) is 0 Å². The highest BCUT2D eigenvalue weighted by molar-refractivity contribution is 6.09. The summed E-state index contributed by atoms with van der Waals surface area (Å²) in [5.74, 6) is -2.71. The molecule has 7 nitrogen and oxygen atoms in total. The number of allylic oxidation sites excluding steroid dienone is 2. The Kier molecular flexibility index (Phi) is 7.25. The van der Waals surface area contributed by atoms with Crippen LogP contribution in [0.3, 0.4) is 0 Å². The highest BCUT2D eigenvalue weighted by Gasteiger charge is 2.68. The molecule has 0 radical (unpaired) electrons. The summed E-state index contributed by atoms with van der Waals surface area (Å²) in [6.45, 7) is 9.79. The van der Waals surface area contributed by atoms with Crippen LogP contribution in [-0.4, -0.2) is 50.9 Å². The summed E-state index contributed by atoms with van der Waals surface area (Å²) in [5, 5.41) is 26.3. The fraction of sp³-hybridized carbons (Fsp3) is 0.469. The van der Waals surface area contributed by atoms with Crippen LogP contribution in [0.15, 0.2) is 66.4 Å². The second-order valence-electron chi connectivity index (χ2n) is 11.7. The van der Waals surface area contributed by atoms with Crippen LogP contribution in [0.4, 0.5) is 0 Å². The van der Waals surface area contributed by atoms with Crippen LogP contribution >= 0.6 is 0 Å². The van der Waals surface area contributed by atoms with E-state index in [1.807, 2.05) is 62.5 Å². The Bertz CT molecular complexity index is 1390. The minimum Gasteiger partial charge on any atom is -0.388 e. The van der Waals surface area contributed by atoms with Crippen LogP contribution < -0.4 is 5.32 Å². The number of hydrogen-bond donors (Lipinski definition) is 4. The molecule has 1 spiro atoms. The van der Waals surface area contributed by atoms with Crippen molar-refractivity contribution in [1.82, 2.24) is 10.3 Å². The average molecular weight is 531 g/mol. The number of carbonyl (C=O) groups excluding carboxylic acids is 3. The molecule has 3 aliphatic rings. The van der Waals surface area contributed by atoms with Gasteiger partial charge in [0.15, 0.2) is 5.78 Å². The molecule has 1 saturated heterocycles. The minimum atomic E-state index is -1.53. The van der Waals surface area contributed by atoms with E-state index in [9.17, 15) is 24.6 Å². The van der Waals surface area contributed by atoms with Crippen LogP contribution in [-0.2, 0) is 20.8 Å². The van der Waals surface area contributed by atoms with Gasteiger partial charge in [-0.25, -0.2) is 0 Å². The lowest BCUT2D eigenvalue weighted by Gasteiger charge is -2.49. The Labute approximate surface area is 229 Å². The summed E-state index contributed by atoms with van der Waals surface area (Å²) in [4.78, 5) is 44.4. The van der Waals surface area contributed by atoms with Gasteiger partial charge in [0.25, 0.3) is 0 Å². The summed E-state index contributed by atoms with van der Waals surface area (Å²) < 4.78 is 0. The van der Waals surface area contributed by atoms with Crippen molar-refractivity contribution in [3.8, 4) is 0 Å². The average Bonchev–Trinajstić information content (AvgIpc) is 3.45. The van der Waals surface area contributed by atoms with Crippen LogP contribution in [0, 0.1) is 29.1 Å². The molecule has 1 amide bonds. The summed E-state index contributed by atoms with van der Waals surface area (Å²) in [6.07, 6.45) is 5.94. The van der Waals surface area contributed by atoms with E-state index in [-0.39, 0.29) is 36.5 Å². The number of aromatic amines is 1. The molecule has 206 valence electrons. The number of fused-ring (bicyclic) bond motifs is 1. The first-order valence-electron chi connectivity index (χ1n) is 13.9. The lowest BCUT2D eigenvalue weighted by molar-refractivity contribution is -0.152. The molecule has 2 fully saturated rings. The molecule has 2 aliphatic carbocycles. The fourth-order valence-corrected chi connectivity index (χ4v) is 7.30. The summed E-state index contributed by atoms with van der Waals surface area (Å²) in [7, 11) is 0. The van der Waals surface area contributed by atoms with Gasteiger partial charge < -0.3 is 20.5 Å². The van der Waals surface area contributed by atoms with Gasteiger partial charge in [-0.2, -0.15) is 0 Å². The third-order valence-corrected chi connectivity index (χ3v) is 9.32. The molecule has 2 heterocycles. The molecule has 7 heteroatoms. The Morgan fingerprint density at radius 2 is 1.87 bits per heavy atom. The number of Topliss-reactive ketones (excluding diaryl/α,β-unsaturated/α-hetero) is 2. The molecule has 1 aromatic heterocycles. The number of aliphatic hydroxyl groups is 2. The van der Waals surface area contributed by atoms with Crippen LogP contribution in [0.5, 0.6) is 0 Å². The number of benzene rings is 1. The molecule has 8 unspecified atom stereocenters. The molecule has 5 rings (SSSR count). The maximum atomic E-state index is 14.2. The number of aliphatic hydroxyl groups excluding tert-OH is 2. The van der Waals surface area contributed by atoms with Crippen LogP contribution in [0.2, 0.25) is 0 Å². The zero-order chi connectivity index (χ0) is 28.1. The summed E-state index contributed by atoms with van der Waals surface area (Å²) in [6, 6.07) is 7.61. The maximum Gasteiger partial charge on any atom is 0.235 e. The first kappa shape index (κ1) is 27.3. The van der Waals surface area contributed by atoms with Gasteiger partial charge in [0, 0.05) is 41.4 Å². The zero-order valence-electron chi connectivity index (χ0n) is 22.8. The van der Waals surface area contributed by atoms with E-state index in [0.717, 1.165) is 16.5 Å². The topological polar surface area (TPSA) is 119 Å². The van der Waals surface area contributed by atoms with Gasteiger partial charge >= 0.3 is 0 Å². The third-order valence-electron chi connectivity index (χ3n) is 9.32. The van der Waals surface area contributed by atoms with E-state index >= 15 is 0 Å². The lowest BCUT2D eigenvalue weighted by Crippen LogP contribution is -2.58. The van der Waals surface area contributed by atoms with Crippen molar-refractivity contribution in [2.75, 3.05) is 0 Å². The number of rotatable bonds is 2. The van der Waals surface area contributed by atoms with Crippen molar-refractivity contribution < 1.29 is 24.6 Å². The van der Waals surface area contributed by atoms with E-state index in [4.69, 9.17) is 0 Å². The molecule has 39 heavy (non-hydrogen) atoms. The number of nitrogens with one attached hydrogen (secondary N) is 2. The third kappa shape index (κ3) is 4.42. The van der Waals surface area contributed by atoms with E-state index in [1.165, 1.54) is 0 Å². The predicted octanol–water partition coefficient (Wildman–Crippen LogP) is 3.82. The van der Waals surface area contributed by atoms with E-state index in [0.29, 0.717) is 24.0 Å². The van der Waals surface area contributed by atoms with Gasteiger partial charge in [-0.05, 0) is 60.8 Å². The quantitative estimate of drug-likeness (QED) is 0.348. The fourth-order valence-electron chi connectivity index (χ4n) is 7.30. The maximum absolute atomic E-state index is 14.2. The zero-order valence-corrected chi connectivity index (χ0v) is 22.8. The summed E-state index contributed by atoms with van der Waals surface area (Å²) in [5.41, 5.74) is 1.58. The van der Waals surface area contributed by atoms with Gasteiger partial charge in [-0.1, -0.05) is 56.9 Å². The van der Waals surface area contributed by atoms with Crippen LogP contribution in [0.25, 0.3) is 10.9 Å². The van der Waals surface area contributed by atoms with E-state index in [2.05, 4.69) is 16.9 Å². The van der Waals surface area contributed by atoms with Gasteiger partial charge in [-0.15, -0.1) is 0 Å². The normalized spacial score (nSPS) is 35.9. The van der Waals surface area contributed by atoms with E-state index < -0.39 is 41.1 Å². The number of H-pyrrole nitrogens is 1. The number of hydrogen-bond acceptors (Lipinski definition) is 5. The Balaban J connectivity index is 1.60. The lowest BCUT2D eigenvalue weighted by atomic mass is 9.51. The van der Waals surface area contributed by atoms with Crippen molar-refractivity contribution >= 4 is 28.4 Å². The van der Waals surface area contributed by atoms with Gasteiger partial charge in [0.05, 0.1) is 6.10 Å². The number of para-hydroxylation sites is 1. The SMILES string of the molecule is C=C1C(C)C2C(Cc3c[nH]c4ccccc34)NC(=O)C23C(=O)CCC(O)C(=O)C(C)=CC(C)CC=CC3C1O. The van der Waals surface area contributed by atoms with Crippen molar-refractivity contribution in [2.24, 2.45) is 29.1 Å². The van der Waals surface area contributed by atoms with E-state index in [1.54, 1.807) is 6.92 Å². The number of ketones is 2. The number of aromatic nitrogens is 1. The second kappa shape index (κ2) is 10.4. The highest BCUT2D eigenvalue weighted by atomic mass is 16.3. The smallest absolute Gasteiger partial charge is 0.235 e. The molecule has 0 bridgehead atoms. The standard InChI is InChI=1S/C32H38N2O5/c1-17-8-7-10-23-30(38)20(4)19(3)28-25(15-21-16-33-24-11-6-5-9-22(21)24)34-31(39)32(23,28)27(36)13-12-26(35)29(37)18(2)14-17/h5-7,9-11,14,16-17,19,23,25-26,28,30,33,35,38H,4,8,12-13,15H2,1-3H3,(H,34,39). The van der Waals surface area contributed by atoms with Gasteiger partial charge in [-0.3, -0.25) is 14.4 Å². The Morgan fingerprint density at radius 3 is 2.64 bits per heavy atom. The summed E-state index contributed by atoms with van der Waals surface area (Å²) >= 11 is 0. The first-order valence-corrected chi connectivity index (χ1v) is 13.9. The molecule has 1 aliphatic heterocycles. The van der Waals surface area contributed by atoms with Gasteiger partial charge in [0.1, 0.15) is 17.3 Å². The number of carbonyl (C=O) groups is 3. The predicted molar refractivity (Wildman–Crippen MR) is 150 cm³/mol. The minimum absolute atomic E-state index is 0.00418. The van der Waals surface area contributed by atoms with Crippen LogP contribution in [0.1, 0.15) is 45.6 Å². The second-order valence-corrected chi connectivity index (χ2v) is 11.7. The first-order chi connectivity index (χ1) is 18.6. The molecule has 8 atom stereocenters.